The average Bonchev–Trinajstić information content (AvgIpc) is 2.76. The first-order chi connectivity index (χ1) is 15.3. The van der Waals surface area contributed by atoms with Gasteiger partial charge in [0, 0.05) is 43.4 Å². The third-order valence-electron chi connectivity index (χ3n) is 5.79. The zero-order valence-electron chi connectivity index (χ0n) is 18.5. The number of alkyl halides is 2. The lowest BCUT2D eigenvalue weighted by Gasteiger charge is -2.23. The van der Waals surface area contributed by atoms with Gasteiger partial charge in [0.05, 0.1) is 13.5 Å². The van der Waals surface area contributed by atoms with Crippen LogP contribution in [0.1, 0.15) is 66.8 Å². The van der Waals surface area contributed by atoms with Gasteiger partial charge in [-0.2, -0.15) is 0 Å². The van der Waals surface area contributed by atoms with Crippen molar-refractivity contribution in [3.63, 3.8) is 0 Å². The van der Waals surface area contributed by atoms with E-state index in [1.165, 1.54) is 25.1 Å². The number of carbonyl (C=O) groups is 1. The van der Waals surface area contributed by atoms with Crippen LogP contribution in [0.3, 0.4) is 0 Å². The smallest absolute Gasteiger partial charge is 0.316 e. The number of hydrogen-bond acceptors (Lipinski definition) is 6. The highest BCUT2D eigenvalue weighted by atomic mass is 19.3. The van der Waals surface area contributed by atoms with Gasteiger partial charge in [0.2, 0.25) is 5.92 Å². The van der Waals surface area contributed by atoms with Gasteiger partial charge in [0.25, 0.3) is 0 Å². The maximum Gasteiger partial charge on any atom is 0.316 e. The quantitative estimate of drug-likeness (QED) is 0.487. The summed E-state index contributed by atoms with van der Waals surface area (Å²) in [6.45, 7) is 2.92. The number of aromatic nitrogens is 3. The third kappa shape index (κ3) is 6.58. The Morgan fingerprint density at radius 2 is 2.06 bits per heavy atom. The summed E-state index contributed by atoms with van der Waals surface area (Å²) in [6, 6.07) is 2.25. The van der Waals surface area contributed by atoms with E-state index in [0.29, 0.717) is 24.8 Å². The molecule has 174 valence electrons. The number of fused-ring (bicyclic) bond motifs is 1. The lowest BCUT2D eigenvalue weighted by Crippen LogP contribution is -2.22. The molecule has 2 aromatic heterocycles. The van der Waals surface area contributed by atoms with Crippen molar-refractivity contribution in [3.8, 4) is 6.01 Å². The summed E-state index contributed by atoms with van der Waals surface area (Å²) in [4.78, 5) is 23.8. The Morgan fingerprint density at radius 1 is 1.31 bits per heavy atom. The van der Waals surface area contributed by atoms with Gasteiger partial charge in [-0.15, -0.1) is 0 Å². The molecule has 0 saturated carbocycles. The Balaban J connectivity index is 1.55. The second-order valence-corrected chi connectivity index (χ2v) is 8.36. The average molecular weight is 449 g/mol. The van der Waals surface area contributed by atoms with Crippen LogP contribution in [-0.4, -0.2) is 45.6 Å². The van der Waals surface area contributed by atoms with Crippen molar-refractivity contribution >= 4 is 11.8 Å². The first-order valence-electron chi connectivity index (χ1n) is 11.0. The predicted octanol–water partition coefficient (Wildman–Crippen LogP) is 4.54. The second-order valence-electron chi connectivity index (χ2n) is 8.36. The summed E-state index contributed by atoms with van der Waals surface area (Å²) in [7, 11) is 1.40. The van der Waals surface area contributed by atoms with Crippen LogP contribution in [-0.2, 0) is 17.6 Å². The Bertz CT molecular complexity index is 922. The maximum atomic E-state index is 14.7. The molecule has 0 amide bonds. The molecule has 1 aliphatic heterocycles. The summed E-state index contributed by atoms with van der Waals surface area (Å²) in [5.41, 5.74) is 3.63. The molecule has 0 aromatic carbocycles. The number of ether oxygens (including phenoxy) is 1. The van der Waals surface area contributed by atoms with Gasteiger partial charge < -0.3 is 15.2 Å². The van der Waals surface area contributed by atoms with Gasteiger partial charge in [0.1, 0.15) is 5.82 Å². The number of pyridine rings is 1. The monoisotopic (exact) mass is 448 g/mol. The number of anilines is 1. The lowest BCUT2D eigenvalue weighted by atomic mass is 9.89. The molecule has 0 spiro atoms. The minimum Gasteiger partial charge on any atom is -0.481 e. The minimum absolute atomic E-state index is 0.107. The lowest BCUT2D eigenvalue weighted by molar-refractivity contribution is -0.138. The summed E-state index contributed by atoms with van der Waals surface area (Å²) >= 11 is 0. The van der Waals surface area contributed by atoms with E-state index < -0.39 is 30.7 Å². The van der Waals surface area contributed by atoms with Gasteiger partial charge in [-0.1, -0.05) is 6.07 Å². The van der Waals surface area contributed by atoms with E-state index in [1.807, 2.05) is 6.92 Å². The summed E-state index contributed by atoms with van der Waals surface area (Å²) in [5, 5.41) is 12.5. The van der Waals surface area contributed by atoms with Crippen LogP contribution in [0, 0.1) is 6.92 Å². The molecular formula is C23H30F2N4O3. The predicted molar refractivity (Wildman–Crippen MR) is 116 cm³/mol. The first-order valence-corrected chi connectivity index (χ1v) is 11.0. The molecule has 2 N–H and O–H groups in total. The molecule has 9 heteroatoms. The van der Waals surface area contributed by atoms with Gasteiger partial charge in [-0.3, -0.25) is 4.79 Å². The summed E-state index contributed by atoms with van der Waals surface area (Å²) in [5.74, 6) is -4.08. The van der Waals surface area contributed by atoms with Crippen molar-refractivity contribution in [2.75, 3.05) is 19.0 Å². The van der Waals surface area contributed by atoms with Crippen molar-refractivity contribution in [3.05, 3.63) is 40.8 Å². The first kappa shape index (κ1) is 23.8. The molecule has 7 nitrogen and oxygen atoms in total. The molecular weight excluding hydrogens is 418 g/mol. The Morgan fingerprint density at radius 3 is 2.75 bits per heavy atom. The van der Waals surface area contributed by atoms with Gasteiger partial charge in [-0.05, 0) is 55.7 Å². The second kappa shape index (κ2) is 10.7. The highest BCUT2D eigenvalue weighted by Crippen LogP contribution is 2.36. The van der Waals surface area contributed by atoms with Gasteiger partial charge in [0.15, 0.2) is 0 Å². The maximum absolute atomic E-state index is 14.7. The van der Waals surface area contributed by atoms with E-state index in [2.05, 4.69) is 21.4 Å². The number of aliphatic carboxylic acids is 1. The molecule has 0 aliphatic carbocycles. The van der Waals surface area contributed by atoms with Gasteiger partial charge in [-0.25, -0.2) is 23.7 Å². The number of methoxy groups -OCH3 is 1. The molecule has 1 atom stereocenters. The molecule has 3 heterocycles. The SMILES string of the molecule is COc1ncc([C@@H](CC(=O)O)CC(F)(F)CCCCc2nc3c(cc2C)CCCN3)cn1. The van der Waals surface area contributed by atoms with Crippen LogP contribution < -0.4 is 10.1 Å². The normalized spacial score (nSPS) is 14.4. The van der Waals surface area contributed by atoms with Crippen molar-refractivity contribution in [1.29, 1.82) is 0 Å². The number of carboxylic acids is 1. The number of rotatable bonds is 11. The van der Waals surface area contributed by atoms with Crippen LogP contribution in [0.2, 0.25) is 0 Å². The number of aryl methyl sites for hydroxylation is 3. The van der Waals surface area contributed by atoms with Crippen molar-refractivity contribution in [2.24, 2.45) is 0 Å². The number of nitrogens with one attached hydrogen (secondary N) is 1. The Labute approximate surface area is 186 Å². The van der Waals surface area contributed by atoms with E-state index in [-0.39, 0.29) is 12.4 Å². The number of carboxylic acid groups (broad SMARTS) is 1. The van der Waals surface area contributed by atoms with Crippen LogP contribution >= 0.6 is 0 Å². The molecule has 3 rings (SSSR count). The van der Waals surface area contributed by atoms with E-state index in [1.54, 1.807) is 0 Å². The molecule has 32 heavy (non-hydrogen) atoms. The van der Waals surface area contributed by atoms with Crippen molar-refractivity contribution in [2.45, 2.75) is 70.1 Å². The molecule has 0 unspecified atom stereocenters. The topological polar surface area (TPSA) is 97.2 Å². The number of hydrogen-bond donors (Lipinski definition) is 2. The van der Waals surface area contributed by atoms with Crippen LogP contribution in [0.15, 0.2) is 18.5 Å². The van der Waals surface area contributed by atoms with Crippen molar-refractivity contribution < 1.29 is 23.4 Å². The summed E-state index contributed by atoms with van der Waals surface area (Å²) < 4.78 is 34.3. The molecule has 0 radical (unpaired) electrons. The number of nitrogens with zero attached hydrogens (tertiary/aromatic N) is 3. The number of halogens is 2. The van der Waals surface area contributed by atoms with Crippen LogP contribution in [0.5, 0.6) is 6.01 Å². The Kier molecular flexibility index (Phi) is 7.93. The molecule has 0 fully saturated rings. The highest BCUT2D eigenvalue weighted by molar-refractivity contribution is 5.68. The summed E-state index contributed by atoms with van der Waals surface area (Å²) in [6.07, 6.45) is 5.11. The third-order valence-corrected chi connectivity index (χ3v) is 5.79. The van der Waals surface area contributed by atoms with Gasteiger partial charge >= 0.3 is 12.0 Å². The van der Waals surface area contributed by atoms with Crippen LogP contribution in [0.25, 0.3) is 0 Å². The van der Waals surface area contributed by atoms with E-state index in [9.17, 15) is 18.7 Å². The van der Waals surface area contributed by atoms with E-state index >= 15 is 0 Å². The van der Waals surface area contributed by atoms with E-state index in [0.717, 1.165) is 36.5 Å². The highest BCUT2D eigenvalue weighted by Gasteiger charge is 2.34. The van der Waals surface area contributed by atoms with Crippen LogP contribution in [0.4, 0.5) is 14.6 Å². The molecule has 1 aliphatic rings. The zero-order chi connectivity index (χ0) is 23.1. The fourth-order valence-electron chi connectivity index (χ4n) is 4.09. The minimum atomic E-state index is -2.99. The van der Waals surface area contributed by atoms with E-state index in [4.69, 9.17) is 9.72 Å². The number of unbranched alkanes of at least 4 members (excludes halogenated alkanes) is 1. The largest absolute Gasteiger partial charge is 0.481 e. The Hall–Kier alpha value is -2.84. The fourth-order valence-corrected chi connectivity index (χ4v) is 4.09. The fraction of sp³-hybridized carbons (Fsp3) is 0.565. The molecule has 0 saturated heterocycles. The molecule has 0 bridgehead atoms. The molecule has 2 aromatic rings. The van der Waals surface area contributed by atoms with Crippen molar-refractivity contribution in [1.82, 2.24) is 15.0 Å². The zero-order valence-corrected chi connectivity index (χ0v) is 18.5. The standard InChI is InChI=1S/C23H30F2N4O3/c1-15-10-16-6-5-9-26-21(16)29-19(15)7-3-4-8-23(24,25)12-17(11-20(30)31)18-13-27-22(32-2)28-14-18/h10,13-14,17H,3-9,11-12H2,1-2H3,(H,26,29)(H,30,31)/t17-/m0/s1.